The van der Waals surface area contributed by atoms with Crippen LogP contribution < -0.4 is 0 Å². The fraction of sp³-hybridized carbons (Fsp3) is 0.400. The Morgan fingerprint density at radius 2 is 1.52 bits per heavy atom. The smallest absolute Gasteiger partial charge is 0.335 e. The van der Waals surface area contributed by atoms with Gasteiger partial charge in [-0.15, -0.1) is 0 Å². The normalized spacial score (nSPS) is 20.5. The molecule has 9 nitrogen and oxygen atoms in total. The highest BCUT2D eigenvalue weighted by atomic mass is 35.5. The maximum atomic E-state index is 14.4. The maximum Gasteiger partial charge on any atom is 0.335 e. The fourth-order valence-electron chi connectivity index (χ4n) is 6.59. The van der Waals surface area contributed by atoms with E-state index in [4.69, 9.17) is 11.6 Å². The van der Waals surface area contributed by atoms with E-state index in [0.717, 1.165) is 15.4 Å². The van der Waals surface area contributed by atoms with Crippen molar-refractivity contribution in [2.45, 2.75) is 63.4 Å². The molecule has 11 heteroatoms. The van der Waals surface area contributed by atoms with Gasteiger partial charge in [0.05, 0.1) is 10.5 Å². The Kier molecular flexibility index (Phi) is 9.37. The third-order valence-electron chi connectivity index (χ3n) is 9.06. The van der Waals surface area contributed by atoms with Crippen LogP contribution in [0.3, 0.4) is 0 Å². The molecule has 244 valence electrons. The van der Waals surface area contributed by atoms with Crippen molar-refractivity contribution in [3.8, 4) is 11.1 Å². The van der Waals surface area contributed by atoms with Crippen LogP contribution in [0.1, 0.15) is 62.4 Å². The highest BCUT2D eigenvalue weighted by molar-refractivity contribution is 7.89. The number of halogens is 1. The summed E-state index contributed by atoms with van der Waals surface area (Å²) in [5.41, 5.74) is 0.0904. The maximum absolute atomic E-state index is 14.4. The Labute approximate surface area is 274 Å². The second-order valence-corrected chi connectivity index (χ2v) is 15.8. The molecule has 3 aromatic carbocycles. The number of nitrogens with zero attached hydrogens (tertiary/aromatic N) is 2. The van der Waals surface area contributed by atoms with Gasteiger partial charge >= 0.3 is 11.9 Å². The largest absolute Gasteiger partial charge is 0.480 e. The molecule has 0 bridgehead atoms. The van der Waals surface area contributed by atoms with Crippen LogP contribution >= 0.6 is 11.6 Å². The average molecular weight is 667 g/mol. The summed E-state index contributed by atoms with van der Waals surface area (Å²) in [6, 6.07) is 19.3. The Morgan fingerprint density at radius 3 is 2.07 bits per heavy atom. The number of hydrogen-bond acceptors (Lipinski definition) is 5. The number of aromatic carboxylic acids is 1. The van der Waals surface area contributed by atoms with Crippen LogP contribution in [-0.2, 0) is 26.2 Å². The lowest BCUT2D eigenvalue weighted by Gasteiger charge is -2.36. The molecule has 1 aliphatic carbocycles. The second-order valence-electron chi connectivity index (χ2n) is 13.5. The van der Waals surface area contributed by atoms with Crippen molar-refractivity contribution in [1.29, 1.82) is 0 Å². The van der Waals surface area contributed by atoms with Gasteiger partial charge in [0.15, 0.2) is 0 Å². The SMILES string of the molecule is CC(C)(C)CC(=O)N1CCC(C2CC2(C(=O)O)N(Cc2cccc(C(=O)O)c2)S(=O)(=O)c2ccc(-c3ccc(Cl)cc3)cc2)CC1. The fourth-order valence-corrected chi connectivity index (χ4v) is 8.48. The van der Waals surface area contributed by atoms with Crippen LogP contribution in [0.4, 0.5) is 0 Å². The van der Waals surface area contributed by atoms with Gasteiger partial charge in [0.1, 0.15) is 5.54 Å². The molecule has 1 aliphatic heterocycles. The third-order valence-corrected chi connectivity index (χ3v) is 11.2. The predicted octanol–water partition coefficient (Wildman–Crippen LogP) is 6.41. The third kappa shape index (κ3) is 6.99. The molecule has 0 radical (unpaired) electrons. The molecule has 1 saturated carbocycles. The van der Waals surface area contributed by atoms with E-state index in [9.17, 15) is 33.0 Å². The standard InChI is InChI=1S/C35H39ClN2O7S/c1-34(2,3)21-31(39)37-17-15-26(16-18-37)30-20-35(30,33(42)43)38(22-23-5-4-6-27(19-23)32(40)41)46(44,45)29-13-9-25(10-14-29)24-7-11-28(36)12-8-24/h4-14,19,26,30H,15-18,20-22H2,1-3H3,(H,40,41)(H,42,43). The van der Waals surface area contributed by atoms with Gasteiger partial charge in [-0.1, -0.05) is 68.8 Å². The molecular weight excluding hydrogens is 628 g/mol. The Balaban J connectivity index is 1.46. The van der Waals surface area contributed by atoms with Gasteiger partial charge in [0.25, 0.3) is 0 Å². The summed E-state index contributed by atoms with van der Waals surface area (Å²) in [5.74, 6) is -2.89. The van der Waals surface area contributed by atoms with E-state index >= 15 is 0 Å². The number of likely N-dealkylation sites (tertiary alicyclic amines) is 1. The van der Waals surface area contributed by atoms with Crippen LogP contribution in [0.15, 0.2) is 77.7 Å². The Bertz CT molecular complexity index is 1730. The lowest BCUT2D eigenvalue weighted by molar-refractivity contribution is -0.144. The minimum atomic E-state index is -4.37. The molecule has 2 N–H and O–H groups in total. The number of aliphatic carboxylic acids is 1. The molecule has 2 fully saturated rings. The molecule has 2 aliphatic rings. The van der Waals surface area contributed by atoms with Crippen molar-refractivity contribution >= 4 is 39.5 Å². The van der Waals surface area contributed by atoms with Gasteiger partial charge in [0, 0.05) is 31.1 Å². The quantitative estimate of drug-likeness (QED) is 0.255. The van der Waals surface area contributed by atoms with E-state index < -0.39 is 33.4 Å². The van der Waals surface area contributed by atoms with Crippen LogP contribution in [0.2, 0.25) is 5.02 Å². The van der Waals surface area contributed by atoms with E-state index in [2.05, 4.69) is 0 Å². The van der Waals surface area contributed by atoms with Crippen molar-refractivity contribution in [1.82, 2.24) is 9.21 Å². The van der Waals surface area contributed by atoms with E-state index in [0.29, 0.717) is 42.9 Å². The van der Waals surface area contributed by atoms with E-state index in [-0.39, 0.29) is 40.7 Å². The molecular formula is C35H39ClN2O7S. The summed E-state index contributed by atoms with van der Waals surface area (Å²) in [6.07, 6.45) is 1.70. The molecule has 0 spiro atoms. The molecule has 3 aromatic rings. The molecule has 2 unspecified atom stereocenters. The van der Waals surface area contributed by atoms with E-state index in [1.54, 1.807) is 30.3 Å². The molecule has 0 aromatic heterocycles. The zero-order valence-corrected chi connectivity index (χ0v) is 27.7. The summed E-state index contributed by atoms with van der Waals surface area (Å²) in [6.45, 7) is 6.70. The topological polar surface area (TPSA) is 132 Å². The monoisotopic (exact) mass is 666 g/mol. The lowest BCUT2D eigenvalue weighted by atomic mass is 9.87. The number of amides is 1. The summed E-state index contributed by atoms with van der Waals surface area (Å²) in [5, 5.41) is 20.8. The minimum absolute atomic E-state index is 0.0221. The zero-order chi connectivity index (χ0) is 33.4. The number of carbonyl (C=O) groups excluding carboxylic acids is 1. The Hall–Kier alpha value is -3.73. The second kappa shape index (κ2) is 12.8. The van der Waals surface area contributed by atoms with Gasteiger partial charge < -0.3 is 15.1 Å². The number of sulfonamides is 1. The summed E-state index contributed by atoms with van der Waals surface area (Å²) < 4.78 is 29.9. The number of hydrogen-bond donors (Lipinski definition) is 2. The zero-order valence-electron chi connectivity index (χ0n) is 26.1. The van der Waals surface area contributed by atoms with E-state index in [1.165, 1.54) is 30.3 Å². The molecule has 5 rings (SSSR count). The van der Waals surface area contributed by atoms with Crippen molar-refractivity contribution in [3.05, 3.63) is 88.9 Å². The predicted molar refractivity (Wildman–Crippen MR) is 175 cm³/mol. The highest BCUT2D eigenvalue weighted by Crippen LogP contribution is 2.57. The van der Waals surface area contributed by atoms with Crippen LogP contribution in [0.5, 0.6) is 0 Å². The van der Waals surface area contributed by atoms with Gasteiger partial charge in [0.2, 0.25) is 15.9 Å². The van der Waals surface area contributed by atoms with E-state index in [1.807, 2.05) is 37.8 Å². The summed E-state index contributed by atoms with van der Waals surface area (Å²) in [7, 11) is -4.37. The summed E-state index contributed by atoms with van der Waals surface area (Å²) in [4.78, 5) is 39.4. The summed E-state index contributed by atoms with van der Waals surface area (Å²) >= 11 is 6.02. The first kappa shape index (κ1) is 33.6. The van der Waals surface area contributed by atoms with Crippen LogP contribution in [-0.4, -0.2) is 64.3 Å². The van der Waals surface area contributed by atoms with Crippen LogP contribution in [0, 0.1) is 17.3 Å². The number of benzene rings is 3. The van der Waals surface area contributed by atoms with Gasteiger partial charge in [-0.3, -0.25) is 9.59 Å². The Morgan fingerprint density at radius 1 is 0.935 bits per heavy atom. The number of carboxylic acid groups (broad SMARTS) is 2. The van der Waals surface area contributed by atoms with Crippen molar-refractivity contribution in [3.63, 3.8) is 0 Å². The van der Waals surface area contributed by atoms with Crippen LogP contribution in [0.25, 0.3) is 11.1 Å². The molecule has 1 saturated heterocycles. The van der Waals surface area contributed by atoms with Gasteiger partial charge in [-0.25, -0.2) is 13.2 Å². The number of carboxylic acids is 2. The number of piperidine rings is 1. The minimum Gasteiger partial charge on any atom is -0.480 e. The number of carbonyl (C=O) groups is 3. The van der Waals surface area contributed by atoms with Crippen molar-refractivity contribution in [2.75, 3.05) is 13.1 Å². The van der Waals surface area contributed by atoms with Gasteiger partial charge in [-0.2, -0.15) is 4.31 Å². The first-order valence-electron chi connectivity index (χ1n) is 15.3. The molecule has 1 heterocycles. The van der Waals surface area contributed by atoms with Gasteiger partial charge in [-0.05, 0) is 89.6 Å². The first-order valence-corrected chi connectivity index (χ1v) is 17.2. The molecule has 2 atom stereocenters. The first-order chi connectivity index (χ1) is 21.6. The van der Waals surface area contributed by atoms with Crippen molar-refractivity contribution in [2.24, 2.45) is 17.3 Å². The molecule has 46 heavy (non-hydrogen) atoms. The molecule has 1 amide bonds. The number of rotatable bonds is 10. The lowest BCUT2D eigenvalue weighted by Crippen LogP contribution is -2.50. The highest BCUT2D eigenvalue weighted by Gasteiger charge is 2.69. The van der Waals surface area contributed by atoms with Crippen molar-refractivity contribution < 1.29 is 33.0 Å². The average Bonchev–Trinajstić information content (AvgIpc) is 3.76.